The lowest BCUT2D eigenvalue weighted by molar-refractivity contribution is -0.260. The van der Waals surface area contributed by atoms with Gasteiger partial charge in [-0.1, -0.05) is 24.3 Å². The molecule has 0 spiro atoms. The zero-order valence-electron chi connectivity index (χ0n) is 29.5. The van der Waals surface area contributed by atoms with Gasteiger partial charge in [-0.05, 0) is 55.2 Å². The van der Waals surface area contributed by atoms with Crippen molar-refractivity contribution in [1.29, 1.82) is 0 Å². The molecule has 1 saturated heterocycles. The molecular formula is C29H45B6FN4O8. The molecule has 1 aliphatic heterocycles. The highest BCUT2D eigenvalue weighted by Gasteiger charge is 2.57. The van der Waals surface area contributed by atoms with Crippen LogP contribution < -0.4 is 10.6 Å². The number of hydrogen-bond acceptors (Lipinski definition) is 10. The Balaban J connectivity index is 2.08. The highest BCUT2D eigenvalue weighted by molar-refractivity contribution is 6.42. The summed E-state index contributed by atoms with van der Waals surface area (Å²) in [6, 6.07) is 7.65. The number of carbonyl (C=O) groups is 3. The van der Waals surface area contributed by atoms with Crippen molar-refractivity contribution < 1.29 is 43.9 Å². The molecule has 0 aromatic heterocycles. The Morgan fingerprint density at radius 1 is 1.04 bits per heavy atom. The van der Waals surface area contributed by atoms with Crippen molar-refractivity contribution in [1.82, 2.24) is 15.1 Å². The average Bonchev–Trinajstić information content (AvgIpc) is 2.97. The monoisotopic (exact) mass is 662 g/mol. The number of nitrogens with one attached hydrogen (secondary N) is 2. The molecule has 2 amide bonds. The largest absolute Gasteiger partial charge is 0.391 e. The van der Waals surface area contributed by atoms with Gasteiger partial charge in [-0.15, -0.1) is 0 Å². The fourth-order valence-electron chi connectivity index (χ4n) is 6.67. The Morgan fingerprint density at radius 3 is 2.12 bits per heavy atom. The fourth-order valence-corrected chi connectivity index (χ4v) is 6.67. The maximum Gasteiger partial charge on any atom is 0.248 e. The molecule has 0 radical (unpaired) electrons. The number of benzene rings is 2. The number of aryl methyl sites for hydroxylation is 1. The minimum Gasteiger partial charge on any atom is -0.391 e. The first kappa shape index (κ1) is 39.4. The number of ether oxygens (including phenoxy) is 1. The van der Waals surface area contributed by atoms with E-state index in [1.165, 1.54) is 13.1 Å². The van der Waals surface area contributed by atoms with E-state index in [1.807, 2.05) is 18.7 Å². The zero-order valence-corrected chi connectivity index (χ0v) is 29.5. The lowest BCUT2D eigenvalue weighted by atomic mass is 9.54. The number of likely N-dealkylation sites (N-methyl/N-ethyl adjacent to an activating group) is 1. The Kier molecular flexibility index (Phi) is 11.5. The van der Waals surface area contributed by atoms with E-state index in [0.29, 0.717) is 35.5 Å². The number of anilines is 1. The van der Waals surface area contributed by atoms with E-state index in [0.717, 1.165) is 12.7 Å². The van der Waals surface area contributed by atoms with E-state index < -0.39 is 45.4 Å². The first-order valence-corrected chi connectivity index (χ1v) is 15.9. The summed E-state index contributed by atoms with van der Waals surface area (Å²) in [7, 11) is 10.3. The normalized spacial score (nSPS) is 20.9. The van der Waals surface area contributed by atoms with Gasteiger partial charge in [0.15, 0.2) is 21.7 Å². The topological polar surface area (TPSA) is 172 Å². The molecule has 19 heteroatoms. The maximum atomic E-state index is 16.0. The SMILES string of the molecule is BC(B)(Nc1cccc(C)c1C(B)(B)N(C=O)C(C(=O)NC)C(O)(O)C(B)(O)C=O)c1ccc(C(B)(O)N2CC(C)OC(C)C2)cc1F. The molecule has 1 heterocycles. The van der Waals surface area contributed by atoms with Crippen molar-refractivity contribution in [3.63, 3.8) is 0 Å². The van der Waals surface area contributed by atoms with Crippen LogP contribution in [-0.2, 0) is 35.4 Å². The minimum absolute atomic E-state index is 0.105. The van der Waals surface area contributed by atoms with Crippen LogP contribution in [0.3, 0.4) is 0 Å². The third kappa shape index (κ3) is 7.41. The van der Waals surface area contributed by atoms with Crippen LogP contribution in [-0.4, -0.2) is 146 Å². The molecule has 48 heavy (non-hydrogen) atoms. The molecule has 12 nitrogen and oxygen atoms in total. The molecule has 6 N–H and O–H groups in total. The van der Waals surface area contributed by atoms with Crippen molar-refractivity contribution in [2.75, 3.05) is 25.5 Å². The van der Waals surface area contributed by atoms with Gasteiger partial charge < -0.3 is 45.5 Å². The summed E-state index contributed by atoms with van der Waals surface area (Å²) in [4.78, 5) is 40.2. The van der Waals surface area contributed by atoms with Crippen LogP contribution in [0.5, 0.6) is 0 Å². The predicted octanol–water partition coefficient (Wildman–Crippen LogP) is -6.38. The number of aliphatic hydroxyl groups is 4. The lowest BCUT2D eigenvalue weighted by Gasteiger charge is -2.49. The van der Waals surface area contributed by atoms with Gasteiger partial charge in [-0.2, -0.15) is 0 Å². The smallest absolute Gasteiger partial charge is 0.248 e. The summed E-state index contributed by atoms with van der Waals surface area (Å²) in [5.41, 5.74) is -2.14. The minimum atomic E-state index is -3.41. The van der Waals surface area contributed by atoms with E-state index in [2.05, 4.69) is 10.6 Å². The van der Waals surface area contributed by atoms with Crippen LogP contribution in [0.2, 0.25) is 0 Å². The highest BCUT2D eigenvalue weighted by Crippen LogP contribution is 2.38. The Morgan fingerprint density at radius 2 is 1.62 bits per heavy atom. The van der Waals surface area contributed by atoms with Gasteiger partial charge in [0.2, 0.25) is 18.1 Å². The lowest BCUT2D eigenvalue weighted by Crippen LogP contribution is -2.73. The average molecular weight is 662 g/mol. The van der Waals surface area contributed by atoms with E-state index in [4.69, 9.17) is 4.74 Å². The maximum absolute atomic E-state index is 16.0. The summed E-state index contributed by atoms with van der Waals surface area (Å²) in [5, 5.41) is 47.2. The standard InChI is InChI=1S/C29H45B6FN4O8/c1-15-6-5-7-21(22(15)28(33,34)40(14-42)23(24(43)37-4)26(45,46)25(30,44)13-41)38-27(31,32)19-9-8-18(10-20(19)36)29(35,47)39-11-16(2)48-17(3)12-39/h5-10,13-14,16-17,23,38,44-47H,11-12,30-35H2,1-4H3,(H,37,43). The molecule has 0 saturated carbocycles. The summed E-state index contributed by atoms with van der Waals surface area (Å²) < 4.78 is 21.8. The number of halogens is 1. The van der Waals surface area contributed by atoms with Gasteiger partial charge >= 0.3 is 0 Å². The molecule has 5 unspecified atom stereocenters. The van der Waals surface area contributed by atoms with Crippen LogP contribution in [0.4, 0.5) is 10.1 Å². The van der Waals surface area contributed by atoms with Gasteiger partial charge in [-0.3, -0.25) is 14.5 Å². The van der Waals surface area contributed by atoms with Crippen LogP contribution >= 0.6 is 0 Å². The molecule has 0 aliphatic carbocycles. The summed E-state index contributed by atoms with van der Waals surface area (Å²) in [5.74, 6) is -5.03. The van der Waals surface area contributed by atoms with Crippen molar-refractivity contribution in [2.24, 2.45) is 0 Å². The number of morpholine rings is 1. The van der Waals surface area contributed by atoms with Crippen molar-refractivity contribution >= 4 is 71.4 Å². The van der Waals surface area contributed by atoms with Crippen LogP contribution in [0, 0.1) is 12.7 Å². The Hall–Kier alpha value is -3.07. The fraction of sp³-hybridized carbons (Fsp3) is 0.483. The first-order valence-electron chi connectivity index (χ1n) is 15.9. The predicted molar refractivity (Wildman–Crippen MR) is 195 cm³/mol. The van der Waals surface area contributed by atoms with Gasteiger partial charge in [0.25, 0.3) is 0 Å². The number of aldehydes is 1. The molecule has 1 aliphatic rings. The van der Waals surface area contributed by atoms with Gasteiger partial charge in [0, 0.05) is 36.5 Å². The second-order valence-electron chi connectivity index (χ2n) is 14.2. The van der Waals surface area contributed by atoms with Crippen molar-refractivity contribution in [3.05, 3.63) is 64.5 Å². The highest BCUT2D eigenvalue weighted by atomic mass is 19.1. The zero-order chi connectivity index (χ0) is 36.6. The third-order valence-corrected chi connectivity index (χ3v) is 9.44. The van der Waals surface area contributed by atoms with Gasteiger partial charge in [0.1, 0.15) is 54.6 Å². The quantitative estimate of drug-likeness (QED) is 0.0690. The second kappa shape index (κ2) is 14.0. The van der Waals surface area contributed by atoms with Crippen molar-refractivity contribution in [3.8, 4) is 0 Å². The molecule has 254 valence electrons. The molecule has 2 aromatic rings. The van der Waals surface area contributed by atoms with Crippen molar-refractivity contribution in [2.45, 2.75) is 66.6 Å². The first-order chi connectivity index (χ1) is 22.0. The van der Waals surface area contributed by atoms with E-state index >= 15 is 4.39 Å². The number of nitrogens with zero attached hydrogens (tertiary/aromatic N) is 2. The summed E-state index contributed by atoms with van der Waals surface area (Å²) in [6.07, 6.45) is -0.0924. The van der Waals surface area contributed by atoms with Gasteiger partial charge in [-0.25, -0.2) is 4.39 Å². The Labute approximate surface area is 286 Å². The van der Waals surface area contributed by atoms with E-state index in [-0.39, 0.29) is 30.5 Å². The molecule has 2 aromatic carbocycles. The molecule has 0 bridgehead atoms. The molecule has 1 fully saturated rings. The summed E-state index contributed by atoms with van der Waals surface area (Å²) >= 11 is 0. The van der Waals surface area contributed by atoms with E-state index in [9.17, 15) is 34.8 Å². The van der Waals surface area contributed by atoms with Crippen LogP contribution in [0.15, 0.2) is 36.4 Å². The molecule has 3 rings (SSSR count). The number of hydrogen-bond donors (Lipinski definition) is 6. The molecular weight excluding hydrogens is 616 g/mol. The number of carbonyl (C=O) groups excluding carboxylic acids is 3. The third-order valence-electron chi connectivity index (χ3n) is 9.44. The number of rotatable bonds is 13. The van der Waals surface area contributed by atoms with E-state index in [1.54, 1.807) is 76.5 Å². The molecule has 5 atom stereocenters. The second-order valence-corrected chi connectivity index (χ2v) is 14.2. The van der Waals surface area contributed by atoms with Crippen LogP contribution in [0.1, 0.15) is 36.1 Å². The van der Waals surface area contributed by atoms with Gasteiger partial charge in [0.05, 0.1) is 12.2 Å². The Bertz CT molecular complexity index is 1520. The van der Waals surface area contributed by atoms with Crippen LogP contribution in [0.25, 0.3) is 0 Å². The number of amides is 2. The summed E-state index contributed by atoms with van der Waals surface area (Å²) in [6.45, 7) is 6.54.